The Morgan fingerprint density at radius 1 is 1.37 bits per heavy atom. The molecule has 1 aromatic carbocycles. The van der Waals surface area contributed by atoms with Gasteiger partial charge in [0.25, 0.3) is 0 Å². The molecule has 0 aliphatic rings. The molecular formula is C13H15N3OS2. The average molecular weight is 293 g/mol. The van der Waals surface area contributed by atoms with Crippen molar-refractivity contribution >= 4 is 34.7 Å². The molecule has 0 saturated heterocycles. The molecule has 0 saturated carbocycles. The number of anilines is 1. The van der Waals surface area contributed by atoms with Crippen LogP contribution >= 0.6 is 23.1 Å². The molecule has 1 amide bonds. The number of carbonyl (C=O) groups excluding carboxylic acids is 1. The van der Waals surface area contributed by atoms with Crippen molar-refractivity contribution in [1.82, 2.24) is 10.2 Å². The molecule has 100 valence electrons. The fourth-order valence-electron chi connectivity index (χ4n) is 1.66. The number of hydrogen-bond acceptors (Lipinski definition) is 5. The lowest BCUT2D eigenvalue weighted by molar-refractivity contribution is -0.115. The summed E-state index contributed by atoms with van der Waals surface area (Å²) in [5, 5.41) is 10.5. The monoisotopic (exact) mass is 293 g/mol. The normalized spacial score (nSPS) is 12.2. The summed E-state index contributed by atoms with van der Waals surface area (Å²) < 4.78 is 0.809. The molecule has 0 aliphatic heterocycles. The van der Waals surface area contributed by atoms with Gasteiger partial charge in [-0.25, -0.2) is 0 Å². The van der Waals surface area contributed by atoms with Gasteiger partial charge in [0.15, 0.2) is 4.34 Å². The zero-order valence-corrected chi connectivity index (χ0v) is 12.6. The van der Waals surface area contributed by atoms with Crippen LogP contribution in [0.5, 0.6) is 0 Å². The molecule has 0 fully saturated rings. The minimum absolute atomic E-state index is 0.0161. The van der Waals surface area contributed by atoms with Crippen molar-refractivity contribution in [2.45, 2.75) is 30.4 Å². The summed E-state index contributed by atoms with van der Waals surface area (Å²) in [6, 6.07) is 5.97. The first kappa shape index (κ1) is 14.0. The van der Waals surface area contributed by atoms with E-state index in [0.717, 1.165) is 21.2 Å². The van der Waals surface area contributed by atoms with Gasteiger partial charge in [0.2, 0.25) is 5.91 Å². The topological polar surface area (TPSA) is 54.9 Å². The molecule has 0 radical (unpaired) electrons. The molecule has 1 atom stereocenters. The SMILES string of the molecule is Cc1cccc(C)c1NC(=O)[C@@H](C)Sc1nncs1. The van der Waals surface area contributed by atoms with Crippen LogP contribution in [0.4, 0.5) is 5.69 Å². The molecule has 2 rings (SSSR count). The number of amides is 1. The first-order valence-electron chi connectivity index (χ1n) is 5.88. The van der Waals surface area contributed by atoms with Gasteiger partial charge in [-0.05, 0) is 31.9 Å². The highest BCUT2D eigenvalue weighted by molar-refractivity contribution is 8.02. The number of nitrogens with one attached hydrogen (secondary N) is 1. The standard InChI is InChI=1S/C13H15N3OS2/c1-8-5-4-6-9(2)11(8)15-12(17)10(3)19-13-16-14-7-18-13/h4-7,10H,1-3H3,(H,15,17)/t10-/m1/s1. The third-order valence-corrected chi connectivity index (χ3v) is 4.63. The molecule has 19 heavy (non-hydrogen) atoms. The quantitative estimate of drug-likeness (QED) is 0.879. The number of aromatic nitrogens is 2. The molecule has 1 aromatic heterocycles. The molecule has 4 nitrogen and oxygen atoms in total. The van der Waals surface area contributed by atoms with Crippen LogP contribution in [0.2, 0.25) is 0 Å². The summed E-state index contributed by atoms with van der Waals surface area (Å²) in [6.45, 7) is 5.85. The van der Waals surface area contributed by atoms with E-state index in [1.807, 2.05) is 39.0 Å². The minimum Gasteiger partial charge on any atom is -0.325 e. The van der Waals surface area contributed by atoms with E-state index in [4.69, 9.17) is 0 Å². The van der Waals surface area contributed by atoms with Gasteiger partial charge in [-0.3, -0.25) is 4.79 Å². The van der Waals surface area contributed by atoms with Gasteiger partial charge in [-0.1, -0.05) is 41.3 Å². The van der Waals surface area contributed by atoms with E-state index < -0.39 is 0 Å². The third-order valence-electron chi connectivity index (χ3n) is 2.72. The summed E-state index contributed by atoms with van der Waals surface area (Å²) in [6.07, 6.45) is 0. The third kappa shape index (κ3) is 3.54. The minimum atomic E-state index is -0.202. The molecular weight excluding hydrogens is 278 g/mol. The Bertz CT molecular complexity index is 549. The van der Waals surface area contributed by atoms with Gasteiger partial charge >= 0.3 is 0 Å². The zero-order chi connectivity index (χ0) is 13.8. The second kappa shape index (κ2) is 6.16. The van der Waals surface area contributed by atoms with Gasteiger partial charge < -0.3 is 5.32 Å². The molecule has 1 heterocycles. The molecule has 0 spiro atoms. The maximum atomic E-state index is 12.2. The highest BCUT2D eigenvalue weighted by Crippen LogP contribution is 2.26. The second-order valence-corrected chi connectivity index (χ2v) is 6.64. The first-order chi connectivity index (χ1) is 9.08. The van der Waals surface area contributed by atoms with E-state index in [0.29, 0.717) is 0 Å². The number of para-hydroxylation sites is 1. The number of aryl methyl sites for hydroxylation is 2. The summed E-state index contributed by atoms with van der Waals surface area (Å²) in [5.41, 5.74) is 4.71. The summed E-state index contributed by atoms with van der Waals surface area (Å²) in [7, 11) is 0. The summed E-state index contributed by atoms with van der Waals surface area (Å²) in [4.78, 5) is 12.2. The fourth-order valence-corrected chi connectivity index (χ4v) is 3.28. The van der Waals surface area contributed by atoms with Crippen molar-refractivity contribution in [2.75, 3.05) is 5.32 Å². The van der Waals surface area contributed by atoms with Crippen LogP contribution in [-0.2, 0) is 4.79 Å². The maximum absolute atomic E-state index is 12.2. The predicted molar refractivity (Wildman–Crippen MR) is 79.8 cm³/mol. The summed E-state index contributed by atoms with van der Waals surface area (Å²) >= 11 is 2.86. The highest BCUT2D eigenvalue weighted by atomic mass is 32.2. The predicted octanol–water partition coefficient (Wildman–Crippen LogP) is 3.27. The lowest BCUT2D eigenvalue weighted by Crippen LogP contribution is -2.23. The second-order valence-electron chi connectivity index (χ2n) is 4.22. The molecule has 2 aromatic rings. The van der Waals surface area contributed by atoms with Crippen molar-refractivity contribution in [1.29, 1.82) is 0 Å². The van der Waals surface area contributed by atoms with Crippen LogP contribution < -0.4 is 5.32 Å². The number of carbonyl (C=O) groups is 1. The number of hydrogen-bond donors (Lipinski definition) is 1. The Morgan fingerprint density at radius 3 is 2.63 bits per heavy atom. The fraction of sp³-hybridized carbons (Fsp3) is 0.308. The lowest BCUT2D eigenvalue weighted by Gasteiger charge is -2.14. The van der Waals surface area contributed by atoms with E-state index in [1.165, 1.54) is 23.1 Å². The van der Waals surface area contributed by atoms with Crippen molar-refractivity contribution in [2.24, 2.45) is 0 Å². The number of nitrogens with zero attached hydrogens (tertiary/aromatic N) is 2. The Hall–Kier alpha value is -1.40. The lowest BCUT2D eigenvalue weighted by atomic mass is 10.1. The van der Waals surface area contributed by atoms with E-state index in [-0.39, 0.29) is 11.2 Å². The highest BCUT2D eigenvalue weighted by Gasteiger charge is 2.17. The van der Waals surface area contributed by atoms with Crippen LogP contribution in [0.15, 0.2) is 28.0 Å². The van der Waals surface area contributed by atoms with Crippen molar-refractivity contribution in [3.05, 3.63) is 34.8 Å². The largest absolute Gasteiger partial charge is 0.325 e. The first-order valence-corrected chi connectivity index (χ1v) is 7.63. The van der Waals surface area contributed by atoms with Crippen molar-refractivity contribution in [3.8, 4) is 0 Å². The Kier molecular flexibility index (Phi) is 4.55. The van der Waals surface area contributed by atoms with E-state index in [2.05, 4.69) is 15.5 Å². The van der Waals surface area contributed by atoms with Gasteiger partial charge in [0.05, 0.1) is 5.25 Å². The van der Waals surface area contributed by atoms with Gasteiger partial charge in [0.1, 0.15) is 5.51 Å². The van der Waals surface area contributed by atoms with Crippen LogP contribution in [0, 0.1) is 13.8 Å². The van der Waals surface area contributed by atoms with Crippen LogP contribution in [0.3, 0.4) is 0 Å². The van der Waals surface area contributed by atoms with Crippen LogP contribution in [0.25, 0.3) is 0 Å². The van der Waals surface area contributed by atoms with Gasteiger partial charge in [-0.15, -0.1) is 10.2 Å². The number of rotatable bonds is 4. The van der Waals surface area contributed by atoms with E-state index >= 15 is 0 Å². The Morgan fingerprint density at radius 2 is 2.05 bits per heavy atom. The molecule has 1 N–H and O–H groups in total. The summed E-state index contributed by atoms with van der Waals surface area (Å²) in [5.74, 6) is -0.0161. The van der Waals surface area contributed by atoms with Crippen LogP contribution in [-0.4, -0.2) is 21.4 Å². The zero-order valence-electron chi connectivity index (χ0n) is 11.0. The number of thioether (sulfide) groups is 1. The molecule has 0 aliphatic carbocycles. The van der Waals surface area contributed by atoms with E-state index in [9.17, 15) is 4.79 Å². The van der Waals surface area contributed by atoms with Crippen molar-refractivity contribution < 1.29 is 4.79 Å². The van der Waals surface area contributed by atoms with Crippen LogP contribution in [0.1, 0.15) is 18.1 Å². The Labute approximate surface area is 120 Å². The maximum Gasteiger partial charge on any atom is 0.237 e. The van der Waals surface area contributed by atoms with Gasteiger partial charge in [-0.2, -0.15) is 0 Å². The molecule has 0 unspecified atom stereocenters. The molecule has 0 bridgehead atoms. The number of benzene rings is 1. The van der Waals surface area contributed by atoms with Crippen molar-refractivity contribution in [3.63, 3.8) is 0 Å². The Balaban J connectivity index is 2.04. The average Bonchev–Trinajstić information content (AvgIpc) is 2.86. The smallest absolute Gasteiger partial charge is 0.237 e. The van der Waals surface area contributed by atoms with E-state index in [1.54, 1.807) is 5.51 Å². The molecule has 6 heteroatoms. The van der Waals surface area contributed by atoms with Gasteiger partial charge in [0, 0.05) is 5.69 Å².